The van der Waals surface area contributed by atoms with Crippen LogP contribution < -0.4 is 0 Å². The molecular weight excluding hydrogens is 925 g/mol. The molecule has 75 heavy (non-hydrogen) atoms. The van der Waals surface area contributed by atoms with Gasteiger partial charge in [0.25, 0.3) is 0 Å². The largest absolute Gasteiger partial charge is 0.462 e. The molecule has 0 radical (unpaired) electrons. The van der Waals surface area contributed by atoms with Crippen molar-refractivity contribution < 1.29 is 28.6 Å². The van der Waals surface area contributed by atoms with Crippen LogP contribution in [-0.4, -0.2) is 37.2 Å². The summed E-state index contributed by atoms with van der Waals surface area (Å²) in [7, 11) is 0. The van der Waals surface area contributed by atoms with Gasteiger partial charge in [0.2, 0.25) is 0 Å². The van der Waals surface area contributed by atoms with E-state index in [2.05, 4.69) is 69.4 Å². The number of hydrogen-bond donors (Lipinski definition) is 0. The molecule has 0 aliphatic carbocycles. The van der Waals surface area contributed by atoms with Gasteiger partial charge in [-0.15, -0.1) is 0 Å². The number of ether oxygens (including phenoxy) is 3. The molecule has 0 aromatic carbocycles. The molecule has 0 amide bonds. The maximum atomic E-state index is 12.9. The average Bonchev–Trinajstić information content (AvgIpc) is 3.41. The Balaban J connectivity index is 4.36. The molecule has 0 rings (SSSR count). The minimum absolute atomic E-state index is 0.0778. The highest BCUT2D eigenvalue weighted by molar-refractivity contribution is 5.71. The quantitative estimate of drug-likeness (QED) is 0.0261. The molecule has 0 aromatic rings. The second-order valence-electron chi connectivity index (χ2n) is 22.4. The summed E-state index contributed by atoms with van der Waals surface area (Å²) in [5.41, 5.74) is 0. The number of unbranched alkanes of at least 4 members (excludes halogenated alkanes) is 42. The molecule has 0 spiro atoms. The van der Waals surface area contributed by atoms with E-state index in [-0.39, 0.29) is 31.1 Å². The first-order chi connectivity index (χ1) is 37.0. The van der Waals surface area contributed by atoms with Gasteiger partial charge in [-0.3, -0.25) is 14.4 Å². The Morgan fingerprint density at radius 1 is 0.267 bits per heavy atom. The molecule has 0 saturated carbocycles. The molecule has 0 aromatic heterocycles. The van der Waals surface area contributed by atoms with Crippen molar-refractivity contribution in [1.29, 1.82) is 0 Å². The fourth-order valence-electron chi connectivity index (χ4n) is 9.80. The predicted octanol–water partition coefficient (Wildman–Crippen LogP) is 22.6. The molecule has 0 bridgehead atoms. The number of allylic oxidation sites excluding steroid dienone is 8. The smallest absolute Gasteiger partial charge is 0.306 e. The summed E-state index contributed by atoms with van der Waals surface area (Å²) in [5, 5.41) is 0. The Morgan fingerprint density at radius 2 is 0.480 bits per heavy atom. The summed E-state index contributed by atoms with van der Waals surface area (Å²) in [4.78, 5) is 38.4. The van der Waals surface area contributed by atoms with Crippen LogP contribution in [0, 0.1) is 0 Å². The van der Waals surface area contributed by atoms with E-state index < -0.39 is 6.10 Å². The topological polar surface area (TPSA) is 78.9 Å². The van der Waals surface area contributed by atoms with E-state index in [1.165, 1.54) is 231 Å². The van der Waals surface area contributed by atoms with Crippen molar-refractivity contribution in [2.45, 2.75) is 361 Å². The first-order valence-electron chi connectivity index (χ1n) is 33.1. The third-order valence-corrected chi connectivity index (χ3v) is 14.8. The zero-order valence-corrected chi connectivity index (χ0v) is 50.3. The third-order valence-electron chi connectivity index (χ3n) is 14.8. The highest BCUT2D eigenvalue weighted by atomic mass is 16.6. The highest BCUT2D eigenvalue weighted by Crippen LogP contribution is 2.18. The Labute approximate surface area is 467 Å². The zero-order valence-electron chi connectivity index (χ0n) is 50.3. The van der Waals surface area contributed by atoms with Crippen molar-refractivity contribution in [3.8, 4) is 0 Å². The van der Waals surface area contributed by atoms with Crippen molar-refractivity contribution in [3.63, 3.8) is 0 Å². The molecule has 0 fully saturated rings. The molecule has 1 atom stereocenters. The van der Waals surface area contributed by atoms with Gasteiger partial charge in [-0.05, 0) is 83.5 Å². The molecule has 0 heterocycles. The van der Waals surface area contributed by atoms with Crippen molar-refractivity contribution >= 4 is 17.9 Å². The Morgan fingerprint density at radius 3 is 0.787 bits per heavy atom. The van der Waals surface area contributed by atoms with Crippen LogP contribution in [0.4, 0.5) is 0 Å². The van der Waals surface area contributed by atoms with Crippen LogP contribution in [0.5, 0.6) is 0 Å². The van der Waals surface area contributed by atoms with Gasteiger partial charge in [-0.2, -0.15) is 0 Å². The van der Waals surface area contributed by atoms with Crippen LogP contribution in [-0.2, 0) is 28.6 Å². The number of carbonyl (C=O) groups excluding carboxylic acids is 3. The van der Waals surface area contributed by atoms with Gasteiger partial charge in [0.1, 0.15) is 13.2 Å². The molecule has 6 nitrogen and oxygen atoms in total. The third kappa shape index (κ3) is 62.1. The standard InChI is InChI=1S/C69H126O6/c1-4-7-10-13-16-19-22-25-28-31-33-34-36-39-42-45-48-51-54-57-60-63-69(72)75-66(64-73-67(70)61-58-55-52-49-46-43-40-37-30-27-24-21-18-15-12-9-6-3)65-74-68(71)62-59-56-53-50-47-44-41-38-35-32-29-26-23-20-17-14-11-8-5-2/h18,21,26-27,29-30,40,43,66H,4-17,19-20,22-25,28,31-39,41-42,44-65H2,1-3H3/b21-18-,29-26-,30-27-,43-40-/t66-/m1/s1. The summed E-state index contributed by atoms with van der Waals surface area (Å²) in [6.07, 6.45) is 79.7. The Kier molecular flexibility index (Phi) is 61.7. The zero-order chi connectivity index (χ0) is 54.3. The lowest BCUT2D eigenvalue weighted by molar-refractivity contribution is -0.167. The SMILES string of the molecule is CCCCC/C=C\C/C=C\C/C=C\CCCCCCC(=O)OC[C@H](COC(=O)CCCCCCCCCCC/C=C\CCCCCCCC)OC(=O)CCCCCCCCCCCCCCCCCCCCCCC. The van der Waals surface area contributed by atoms with E-state index >= 15 is 0 Å². The molecule has 0 unspecified atom stereocenters. The van der Waals surface area contributed by atoms with Crippen molar-refractivity contribution in [2.24, 2.45) is 0 Å². The average molecular weight is 1050 g/mol. The van der Waals surface area contributed by atoms with Gasteiger partial charge in [0.05, 0.1) is 0 Å². The van der Waals surface area contributed by atoms with Crippen LogP contribution in [0.25, 0.3) is 0 Å². The molecule has 0 saturated heterocycles. The molecule has 0 aliphatic rings. The summed E-state index contributed by atoms with van der Waals surface area (Å²) in [6, 6.07) is 0. The lowest BCUT2D eigenvalue weighted by Crippen LogP contribution is -2.30. The van der Waals surface area contributed by atoms with Crippen molar-refractivity contribution in [2.75, 3.05) is 13.2 Å². The Hall–Kier alpha value is -2.63. The van der Waals surface area contributed by atoms with E-state index in [4.69, 9.17) is 14.2 Å². The molecule has 0 N–H and O–H groups in total. The van der Waals surface area contributed by atoms with Gasteiger partial charge >= 0.3 is 17.9 Å². The van der Waals surface area contributed by atoms with Gasteiger partial charge < -0.3 is 14.2 Å². The molecule has 438 valence electrons. The number of rotatable bonds is 61. The Bertz CT molecular complexity index is 1300. The van der Waals surface area contributed by atoms with Crippen LogP contribution in [0.15, 0.2) is 48.6 Å². The highest BCUT2D eigenvalue weighted by Gasteiger charge is 2.19. The first-order valence-corrected chi connectivity index (χ1v) is 33.1. The molecular formula is C69H126O6. The fraction of sp³-hybridized carbons (Fsp3) is 0.841. The fourth-order valence-corrected chi connectivity index (χ4v) is 9.80. The van der Waals surface area contributed by atoms with Crippen LogP contribution in [0.2, 0.25) is 0 Å². The summed E-state index contributed by atoms with van der Waals surface area (Å²) < 4.78 is 17.0. The maximum absolute atomic E-state index is 12.9. The lowest BCUT2D eigenvalue weighted by Gasteiger charge is -2.18. The maximum Gasteiger partial charge on any atom is 0.306 e. The van der Waals surface area contributed by atoms with Crippen molar-refractivity contribution in [1.82, 2.24) is 0 Å². The minimum Gasteiger partial charge on any atom is -0.462 e. The van der Waals surface area contributed by atoms with E-state index in [9.17, 15) is 14.4 Å². The van der Waals surface area contributed by atoms with E-state index in [0.29, 0.717) is 19.3 Å². The van der Waals surface area contributed by atoms with Crippen LogP contribution >= 0.6 is 0 Å². The molecule has 0 aliphatic heterocycles. The van der Waals surface area contributed by atoms with E-state index in [1.807, 2.05) is 0 Å². The van der Waals surface area contributed by atoms with E-state index in [0.717, 1.165) is 83.5 Å². The summed E-state index contributed by atoms with van der Waals surface area (Å²) in [5.74, 6) is -0.878. The summed E-state index contributed by atoms with van der Waals surface area (Å²) >= 11 is 0. The van der Waals surface area contributed by atoms with Gasteiger partial charge in [0, 0.05) is 19.3 Å². The van der Waals surface area contributed by atoms with Crippen LogP contribution in [0.1, 0.15) is 355 Å². The number of hydrogen-bond acceptors (Lipinski definition) is 6. The minimum atomic E-state index is -0.782. The number of esters is 3. The second kappa shape index (κ2) is 63.9. The monoisotopic (exact) mass is 1050 g/mol. The predicted molar refractivity (Wildman–Crippen MR) is 325 cm³/mol. The van der Waals surface area contributed by atoms with Gasteiger partial charge in [0.15, 0.2) is 6.10 Å². The number of carbonyl (C=O) groups is 3. The lowest BCUT2D eigenvalue weighted by atomic mass is 10.0. The first kappa shape index (κ1) is 72.4. The normalized spacial score (nSPS) is 12.3. The van der Waals surface area contributed by atoms with Crippen molar-refractivity contribution in [3.05, 3.63) is 48.6 Å². The van der Waals surface area contributed by atoms with Gasteiger partial charge in [-0.1, -0.05) is 301 Å². The van der Waals surface area contributed by atoms with Gasteiger partial charge in [-0.25, -0.2) is 0 Å². The van der Waals surface area contributed by atoms with E-state index in [1.54, 1.807) is 0 Å². The second-order valence-corrected chi connectivity index (χ2v) is 22.4. The van der Waals surface area contributed by atoms with Crippen LogP contribution in [0.3, 0.4) is 0 Å². The molecule has 6 heteroatoms. The summed E-state index contributed by atoms with van der Waals surface area (Å²) in [6.45, 7) is 6.65.